The number of carbonyl (C=O) groups excluding carboxylic acids is 2. The minimum atomic E-state index is -3.62. The first kappa shape index (κ1) is 25.1. The Morgan fingerprint density at radius 2 is 1.84 bits per heavy atom. The molecule has 31 heavy (non-hydrogen) atoms. The fourth-order valence-corrected chi connectivity index (χ4v) is 4.68. The highest BCUT2D eigenvalue weighted by Crippen LogP contribution is 2.21. The number of carbonyl (C=O) groups is 2. The second-order valence-corrected chi connectivity index (χ2v) is 10.7. The minimum absolute atomic E-state index is 0.131. The molecule has 1 fully saturated rings. The van der Waals surface area contributed by atoms with Crippen LogP contribution >= 0.6 is 0 Å². The van der Waals surface area contributed by atoms with Crippen molar-refractivity contribution in [3.05, 3.63) is 29.8 Å². The van der Waals surface area contributed by atoms with E-state index in [1.54, 1.807) is 44.7 Å². The third kappa shape index (κ3) is 7.50. The number of alkyl carbamates (subject to hydrolysis) is 1. The van der Waals surface area contributed by atoms with Crippen molar-refractivity contribution in [3.8, 4) is 0 Å². The molecule has 0 bridgehead atoms. The van der Waals surface area contributed by atoms with Crippen LogP contribution in [0.4, 0.5) is 4.79 Å². The van der Waals surface area contributed by atoms with E-state index in [1.807, 2.05) is 6.92 Å². The molecule has 2 rings (SSSR count). The Morgan fingerprint density at radius 1 is 1.19 bits per heavy atom. The van der Waals surface area contributed by atoms with Gasteiger partial charge >= 0.3 is 6.09 Å². The number of hydrogen-bond donors (Lipinski definition) is 2. The summed E-state index contributed by atoms with van der Waals surface area (Å²) in [6.07, 6.45) is 2.83. The van der Waals surface area contributed by atoms with Crippen LogP contribution in [0.5, 0.6) is 0 Å². The zero-order valence-electron chi connectivity index (χ0n) is 19.1. The molecular weight excluding hydrogens is 418 g/mol. The van der Waals surface area contributed by atoms with E-state index in [4.69, 9.17) is 4.74 Å². The van der Waals surface area contributed by atoms with Gasteiger partial charge in [-0.3, -0.25) is 4.79 Å². The van der Waals surface area contributed by atoms with Crippen molar-refractivity contribution in [3.63, 3.8) is 0 Å². The normalized spacial score (nSPS) is 18.4. The number of benzene rings is 1. The third-order valence-corrected chi connectivity index (χ3v) is 6.75. The Labute approximate surface area is 185 Å². The molecule has 1 aliphatic heterocycles. The molecule has 2 N–H and O–H groups in total. The average molecular weight is 454 g/mol. The van der Waals surface area contributed by atoms with Gasteiger partial charge in [0.1, 0.15) is 5.60 Å². The predicted molar refractivity (Wildman–Crippen MR) is 119 cm³/mol. The molecule has 174 valence electrons. The Morgan fingerprint density at radius 3 is 2.42 bits per heavy atom. The summed E-state index contributed by atoms with van der Waals surface area (Å²) >= 11 is 0. The lowest BCUT2D eigenvalue weighted by Gasteiger charge is -2.36. The number of amides is 2. The van der Waals surface area contributed by atoms with Crippen molar-refractivity contribution in [1.82, 2.24) is 14.9 Å². The van der Waals surface area contributed by atoms with E-state index < -0.39 is 21.7 Å². The van der Waals surface area contributed by atoms with Gasteiger partial charge < -0.3 is 15.0 Å². The Balaban J connectivity index is 2.06. The van der Waals surface area contributed by atoms with Crippen LogP contribution in [0.2, 0.25) is 0 Å². The predicted octanol–water partition coefficient (Wildman–Crippen LogP) is 3.28. The van der Waals surface area contributed by atoms with Gasteiger partial charge in [0.2, 0.25) is 10.0 Å². The summed E-state index contributed by atoms with van der Waals surface area (Å²) in [5.41, 5.74) is -0.162. The van der Waals surface area contributed by atoms with Crippen LogP contribution in [-0.4, -0.2) is 56.1 Å². The lowest BCUT2D eigenvalue weighted by molar-refractivity contribution is 0.0462. The van der Waals surface area contributed by atoms with Gasteiger partial charge in [-0.2, -0.15) is 0 Å². The first-order chi connectivity index (χ1) is 14.4. The number of piperidine rings is 1. The molecule has 1 aliphatic rings. The number of nitrogens with zero attached hydrogens (tertiary/aromatic N) is 1. The van der Waals surface area contributed by atoms with E-state index in [2.05, 4.69) is 10.0 Å². The van der Waals surface area contributed by atoms with Crippen LogP contribution in [0.15, 0.2) is 29.2 Å². The third-order valence-electron chi connectivity index (χ3n) is 5.15. The largest absolute Gasteiger partial charge is 0.444 e. The Kier molecular flexibility index (Phi) is 8.48. The first-order valence-corrected chi connectivity index (χ1v) is 12.3. The summed E-state index contributed by atoms with van der Waals surface area (Å²) in [4.78, 5) is 26.9. The Hall–Kier alpha value is -2.13. The zero-order chi connectivity index (χ0) is 23.2. The summed E-state index contributed by atoms with van der Waals surface area (Å²) in [5.74, 6) is -0.172. The molecule has 8 nitrogen and oxygen atoms in total. The molecule has 0 radical (unpaired) electrons. The van der Waals surface area contributed by atoms with Crippen LogP contribution in [0.3, 0.4) is 0 Å². The smallest absolute Gasteiger partial charge is 0.407 e. The number of rotatable bonds is 7. The van der Waals surface area contributed by atoms with Gasteiger partial charge in [0.05, 0.1) is 4.90 Å². The van der Waals surface area contributed by atoms with Crippen molar-refractivity contribution in [2.24, 2.45) is 0 Å². The molecule has 0 spiro atoms. The quantitative estimate of drug-likeness (QED) is 0.659. The van der Waals surface area contributed by atoms with E-state index in [9.17, 15) is 18.0 Å². The van der Waals surface area contributed by atoms with Crippen LogP contribution in [0, 0.1) is 0 Å². The highest BCUT2D eigenvalue weighted by atomic mass is 32.2. The molecule has 0 saturated carbocycles. The topological polar surface area (TPSA) is 105 Å². The molecule has 2 atom stereocenters. The summed E-state index contributed by atoms with van der Waals surface area (Å²) in [6, 6.07) is 5.69. The summed E-state index contributed by atoms with van der Waals surface area (Å²) < 4.78 is 32.7. The van der Waals surface area contributed by atoms with Crippen LogP contribution in [-0.2, 0) is 14.8 Å². The van der Waals surface area contributed by atoms with Gasteiger partial charge in [-0.1, -0.05) is 6.92 Å². The maximum Gasteiger partial charge on any atom is 0.407 e. The fourth-order valence-electron chi connectivity index (χ4n) is 3.35. The molecule has 9 heteroatoms. The number of ether oxygens (including phenoxy) is 1. The van der Waals surface area contributed by atoms with Crippen LogP contribution in [0.1, 0.15) is 70.7 Å². The monoisotopic (exact) mass is 453 g/mol. The van der Waals surface area contributed by atoms with Gasteiger partial charge in [-0.25, -0.2) is 17.9 Å². The number of hydrogen-bond acceptors (Lipinski definition) is 5. The highest BCUT2D eigenvalue weighted by molar-refractivity contribution is 7.89. The molecule has 1 saturated heterocycles. The molecule has 2 unspecified atom stereocenters. The van der Waals surface area contributed by atoms with Gasteiger partial charge in [0.15, 0.2) is 0 Å². The standard InChI is InChI=1S/C22H35N3O5S/c1-6-16(2)24-31(28,29)19-12-10-17(11-13-19)20(26)25-14-8-7-9-18(25)15-23-21(27)30-22(3,4)5/h10-13,16,18,24H,6-9,14-15H2,1-5H3,(H,23,27). The lowest BCUT2D eigenvalue weighted by atomic mass is 10.0. The maximum absolute atomic E-state index is 13.1. The number of likely N-dealkylation sites (tertiary alicyclic amines) is 1. The van der Waals surface area contributed by atoms with E-state index in [0.717, 1.165) is 19.3 Å². The van der Waals surface area contributed by atoms with Crippen molar-refractivity contribution in [2.75, 3.05) is 13.1 Å². The van der Waals surface area contributed by atoms with Gasteiger partial charge in [-0.05, 0) is 77.6 Å². The molecule has 0 aromatic heterocycles. The molecule has 0 aliphatic carbocycles. The maximum atomic E-state index is 13.1. The number of nitrogens with one attached hydrogen (secondary N) is 2. The van der Waals surface area contributed by atoms with Crippen molar-refractivity contribution in [2.45, 2.75) is 82.9 Å². The average Bonchev–Trinajstić information content (AvgIpc) is 2.70. The second-order valence-electron chi connectivity index (χ2n) is 8.99. The summed E-state index contributed by atoms with van der Waals surface area (Å²) in [5, 5.41) is 2.76. The minimum Gasteiger partial charge on any atom is -0.444 e. The summed E-state index contributed by atoms with van der Waals surface area (Å²) in [6.45, 7) is 10.0. The first-order valence-electron chi connectivity index (χ1n) is 10.8. The van der Waals surface area contributed by atoms with Crippen LogP contribution in [0.25, 0.3) is 0 Å². The molecular formula is C22H35N3O5S. The van der Waals surface area contributed by atoms with Gasteiger partial charge in [0, 0.05) is 30.7 Å². The SMILES string of the molecule is CCC(C)NS(=O)(=O)c1ccc(C(=O)N2CCCCC2CNC(=O)OC(C)(C)C)cc1. The fraction of sp³-hybridized carbons (Fsp3) is 0.636. The van der Waals surface area contributed by atoms with E-state index in [0.29, 0.717) is 25.1 Å². The van der Waals surface area contributed by atoms with Crippen molar-refractivity contribution < 1.29 is 22.7 Å². The molecule has 1 aromatic rings. The second kappa shape index (κ2) is 10.5. The lowest BCUT2D eigenvalue weighted by Crippen LogP contribution is -2.50. The van der Waals surface area contributed by atoms with Gasteiger partial charge in [0.25, 0.3) is 5.91 Å². The Bertz CT molecular complexity index is 862. The molecule has 1 aromatic carbocycles. The zero-order valence-corrected chi connectivity index (χ0v) is 19.9. The van der Waals surface area contributed by atoms with Crippen molar-refractivity contribution in [1.29, 1.82) is 0 Å². The van der Waals surface area contributed by atoms with E-state index >= 15 is 0 Å². The van der Waals surface area contributed by atoms with Crippen LogP contribution < -0.4 is 10.0 Å². The van der Waals surface area contributed by atoms with E-state index in [-0.39, 0.29) is 22.9 Å². The molecule has 2 amide bonds. The highest BCUT2D eigenvalue weighted by Gasteiger charge is 2.29. The summed E-state index contributed by atoms with van der Waals surface area (Å²) in [7, 11) is -3.62. The van der Waals surface area contributed by atoms with Crippen molar-refractivity contribution >= 4 is 22.0 Å². The van der Waals surface area contributed by atoms with Gasteiger partial charge in [-0.15, -0.1) is 0 Å². The number of sulfonamides is 1. The van der Waals surface area contributed by atoms with E-state index in [1.165, 1.54) is 12.1 Å². The molecule has 1 heterocycles.